The van der Waals surface area contributed by atoms with Crippen LogP contribution in [0.3, 0.4) is 0 Å². The quantitative estimate of drug-likeness (QED) is 0.456. The average Bonchev–Trinajstić information content (AvgIpc) is 2.67. The summed E-state index contributed by atoms with van der Waals surface area (Å²) in [6.45, 7) is 6.66. The zero-order valence-electron chi connectivity index (χ0n) is 15.7. The molecule has 0 bridgehead atoms. The van der Waals surface area contributed by atoms with Crippen molar-refractivity contribution in [2.45, 2.75) is 52.4 Å². The monoisotopic (exact) mass is 339 g/mol. The highest BCUT2D eigenvalue weighted by atomic mass is 16.2. The number of nitrogens with zero attached hydrogens (tertiary/aromatic N) is 2. The van der Waals surface area contributed by atoms with Gasteiger partial charge in [-0.1, -0.05) is 57.7 Å². The van der Waals surface area contributed by atoms with E-state index in [2.05, 4.69) is 30.9 Å². The number of hydrogen-bond acceptors (Lipinski definition) is 2. The molecule has 134 valence electrons. The molecular formula is C22H31N2O+. The third kappa shape index (κ3) is 6.00. The van der Waals surface area contributed by atoms with Crippen molar-refractivity contribution in [1.29, 1.82) is 0 Å². The zero-order chi connectivity index (χ0) is 17.9. The maximum Gasteiger partial charge on any atom is 0.424 e. The van der Waals surface area contributed by atoms with Crippen LogP contribution in [0.15, 0.2) is 54.9 Å². The van der Waals surface area contributed by atoms with Gasteiger partial charge in [0.15, 0.2) is 12.4 Å². The zero-order valence-corrected chi connectivity index (χ0v) is 15.7. The van der Waals surface area contributed by atoms with Crippen molar-refractivity contribution in [2.75, 3.05) is 18.0 Å². The first-order valence-corrected chi connectivity index (χ1v) is 9.62. The third-order valence-electron chi connectivity index (χ3n) is 4.50. The molecule has 25 heavy (non-hydrogen) atoms. The van der Waals surface area contributed by atoms with Gasteiger partial charge in [0.1, 0.15) is 0 Å². The van der Waals surface area contributed by atoms with Gasteiger partial charge in [-0.2, -0.15) is 0 Å². The van der Waals surface area contributed by atoms with E-state index in [1.807, 2.05) is 42.7 Å². The number of carbonyl (C=O) groups is 1. The highest BCUT2D eigenvalue weighted by molar-refractivity contribution is 5.86. The largest absolute Gasteiger partial charge is 0.424 e. The summed E-state index contributed by atoms with van der Waals surface area (Å²) in [5.74, 6) is 0.00988. The molecule has 1 aromatic heterocycles. The molecule has 0 saturated carbocycles. The Morgan fingerprint density at radius 2 is 1.40 bits per heavy atom. The maximum atomic E-state index is 12.5. The first-order chi connectivity index (χ1) is 12.3. The molecule has 0 radical (unpaired) electrons. The van der Waals surface area contributed by atoms with Gasteiger partial charge in [0, 0.05) is 30.9 Å². The Hall–Kier alpha value is -2.16. The van der Waals surface area contributed by atoms with Gasteiger partial charge in [0.05, 0.1) is 5.56 Å². The van der Waals surface area contributed by atoms with Gasteiger partial charge in [-0.15, -0.1) is 4.57 Å². The van der Waals surface area contributed by atoms with E-state index in [1.165, 1.54) is 44.2 Å². The number of rotatable bonds is 10. The number of benzene rings is 1. The summed E-state index contributed by atoms with van der Waals surface area (Å²) in [5, 5.41) is 0. The molecule has 0 amide bonds. The second-order valence-corrected chi connectivity index (χ2v) is 6.54. The molecule has 0 saturated heterocycles. The van der Waals surface area contributed by atoms with Crippen LogP contribution in [0.4, 0.5) is 5.69 Å². The third-order valence-corrected chi connectivity index (χ3v) is 4.50. The molecule has 2 aromatic rings. The minimum absolute atomic E-state index is 0.00988. The fourth-order valence-corrected chi connectivity index (χ4v) is 2.97. The Kier molecular flexibility index (Phi) is 8.17. The van der Waals surface area contributed by atoms with E-state index < -0.39 is 0 Å². The molecule has 2 rings (SSSR count). The summed E-state index contributed by atoms with van der Waals surface area (Å²) >= 11 is 0. The first kappa shape index (κ1) is 19.2. The van der Waals surface area contributed by atoms with Gasteiger partial charge < -0.3 is 4.90 Å². The number of aromatic nitrogens is 1. The predicted molar refractivity (Wildman–Crippen MR) is 104 cm³/mol. The van der Waals surface area contributed by atoms with Crippen LogP contribution in [-0.2, 0) is 0 Å². The van der Waals surface area contributed by atoms with Crippen LogP contribution in [0.2, 0.25) is 0 Å². The van der Waals surface area contributed by atoms with Gasteiger partial charge in [0.2, 0.25) is 0 Å². The topological polar surface area (TPSA) is 24.2 Å². The molecule has 0 spiro atoms. The lowest BCUT2D eigenvalue weighted by Gasteiger charge is -2.24. The second-order valence-electron chi connectivity index (χ2n) is 6.54. The van der Waals surface area contributed by atoms with Gasteiger partial charge in [-0.25, -0.2) is 4.79 Å². The minimum Gasteiger partial charge on any atom is -0.371 e. The van der Waals surface area contributed by atoms with Crippen LogP contribution in [0.1, 0.15) is 62.7 Å². The van der Waals surface area contributed by atoms with Crippen molar-refractivity contribution < 1.29 is 9.36 Å². The number of anilines is 1. The molecule has 0 fully saturated rings. The van der Waals surface area contributed by atoms with Crippen molar-refractivity contribution in [1.82, 2.24) is 0 Å². The fraction of sp³-hybridized carbons (Fsp3) is 0.455. The molecule has 0 aliphatic carbocycles. The van der Waals surface area contributed by atoms with Crippen molar-refractivity contribution in [3.8, 4) is 0 Å². The summed E-state index contributed by atoms with van der Waals surface area (Å²) in [6, 6.07) is 13.6. The SMILES string of the molecule is CCCCCN(CCCCC)c1cc[n+](C(=O)c2ccccc2)cc1. The molecule has 0 aliphatic rings. The Morgan fingerprint density at radius 1 is 0.840 bits per heavy atom. The molecule has 0 aliphatic heterocycles. The van der Waals surface area contributed by atoms with Crippen LogP contribution in [0.25, 0.3) is 0 Å². The van der Waals surface area contributed by atoms with Crippen LogP contribution in [-0.4, -0.2) is 19.0 Å². The predicted octanol–water partition coefficient (Wildman–Crippen LogP) is 4.85. The normalized spacial score (nSPS) is 10.6. The summed E-state index contributed by atoms with van der Waals surface area (Å²) in [7, 11) is 0. The van der Waals surface area contributed by atoms with E-state index in [9.17, 15) is 4.79 Å². The van der Waals surface area contributed by atoms with E-state index in [0.29, 0.717) is 5.56 Å². The molecule has 1 heterocycles. The minimum atomic E-state index is 0.00988. The van der Waals surface area contributed by atoms with Crippen molar-refractivity contribution in [2.24, 2.45) is 0 Å². The van der Waals surface area contributed by atoms with E-state index in [4.69, 9.17) is 0 Å². The summed E-state index contributed by atoms with van der Waals surface area (Å²) in [6.07, 6.45) is 11.2. The van der Waals surface area contributed by atoms with Crippen molar-refractivity contribution in [3.05, 3.63) is 60.4 Å². The Morgan fingerprint density at radius 3 is 1.92 bits per heavy atom. The molecule has 3 nitrogen and oxygen atoms in total. The molecule has 3 heteroatoms. The number of pyridine rings is 1. The molecule has 0 unspecified atom stereocenters. The van der Waals surface area contributed by atoms with Gasteiger partial charge in [-0.05, 0) is 25.0 Å². The standard InChI is InChI=1S/C22H31N2O/c1-3-5-10-16-23(17-11-6-4-2)21-14-18-24(19-15-21)22(25)20-12-8-7-9-13-20/h7-9,12-15,18-19H,3-6,10-11,16-17H2,1-2H3/q+1. The summed E-state index contributed by atoms with van der Waals surface area (Å²) in [4.78, 5) is 15.0. The van der Waals surface area contributed by atoms with Gasteiger partial charge >= 0.3 is 5.91 Å². The Labute approximate surface area is 152 Å². The Balaban J connectivity index is 2.06. The lowest BCUT2D eigenvalue weighted by Crippen LogP contribution is -2.42. The van der Waals surface area contributed by atoms with E-state index >= 15 is 0 Å². The lowest BCUT2D eigenvalue weighted by molar-refractivity contribution is -0.570. The van der Waals surface area contributed by atoms with Gasteiger partial charge in [-0.3, -0.25) is 0 Å². The van der Waals surface area contributed by atoms with E-state index in [-0.39, 0.29) is 5.91 Å². The number of unbranched alkanes of at least 4 members (excludes halogenated alkanes) is 4. The first-order valence-electron chi connectivity index (χ1n) is 9.62. The molecular weight excluding hydrogens is 308 g/mol. The molecule has 0 N–H and O–H groups in total. The highest BCUT2D eigenvalue weighted by Gasteiger charge is 2.17. The Bertz CT molecular complexity index is 612. The number of hydrogen-bond donors (Lipinski definition) is 0. The van der Waals surface area contributed by atoms with E-state index in [1.54, 1.807) is 4.57 Å². The summed E-state index contributed by atoms with van der Waals surface area (Å²) in [5.41, 5.74) is 1.92. The van der Waals surface area contributed by atoms with Crippen molar-refractivity contribution >= 4 is 11.6 Å². The average molecular weight is 340 g/mol. The molecule has 0 atom stereocenters. The molecule has 1 aromatic carbocycles. The maximum absolute atomic E-state index is 12.5. The lowest BCUT2D eigenvalue weighted by atomic mass is 10.2. The van der Waals surface area contributed by atoms with Gasteiger partial charge in [0.25, 0.3) is 0 Å². The second kappa shape index (κ2) is 10.7. The van der Waals surface area contributed by atoms with Crippen LogP contribution in [0, 0.1) is 0 Å². The van der Waals surface area contributed by atoms with Crippen LogP contribution < -0.4 is 9.47 Å². The smallest absolute Gasteiger partial charge is 0.371 e. The fourth-order valence-electron chi connectivity index (χ4n) is 2.97. The van der Waals surface area contributed by atoms with E-state index in [0.717, 1.165) is 13.1 Å². The van der Waals surface area contributed by atoms with Crippen molar-refractivity contribution in [3.63, 3.8) is 0 Å². The summed E-state index contributed by atoms with van der Waals surface area (Å²) < 4.78 is 1.66. The number of carbonyl (C=O) groups excluding carboxylic acids is 1. The highest BCUT2D eigenvalue weighted by Crippen LogP contribution is 2.15. The van der Waals surface area contributed by atoms with Crippen LogP contribution in [0.5, 0.6) is 0 Å². The van der Waals surface area contributed by atoms with Crippen LogP contribution >= 0.6 is 0 Å².